The highest BCUT2D eigenvalue weighted by Crippen LogP contribution is 2.19. The summed E-state index contributed by atoms with van der Waals surface area (Å²) in [4.78, 5) is 22.7. The van der Waals surface area contributed by atoms with Crippen molar-refractivity contribution in [3.63, 3.8) is 0 Å². The number of rotatable bonds is 4. The van der Waals surface area contributed by atoms with Crippen LogP contribution < -0.4 is 0 Å². The SMILES string of the molecule is CN1CCCn2nc(C(=O)O)cc2C1.O=COCc1cc(Cl)cc(Cl)c1. The maximum Gasteiger partial charge on any atom is 0.356 e. The minimum atomic E-state index is -0.951. The van der Waals surface area contributed by atoms with Crippen LogP contribution in [-0.4, -0.2) is 45.8 Å². The van der Waals surface area contributed by atoms with Crippen molar-refractivity contribution in [3.05, 3.63) is 51.3 Å². The van der Waals surface area contributed by atoms with Crippen molar-refractivity contribution in [2.75, 3.05) is 13.6 Å². The Morgan fingerprint density at radius 3 is 2.58 bits per heavy atom. The van der Waals surface area contributed by atoms with Crippen molar-refractivity contribution in [1.82, 2.24) is 14.7 Å². The first-order valence-electron chi connectivity index (χ1n) is 7.88. The summed E-state index contributed by atoms with van der Waals surface area (Å²) in [6, 6.07) is 6.66. The van der Waals surface area contributed by atoms with E-state index in [2.05, 4.69) is 14.7 Å². The Morgan fingerprint density at radius 2 is 1.96 bits per heavy atom. The molecule has 3 rings (SSSR count). The molecule has 0 saturated carbocycles. The number of nitrogens with zero attached hydrogens (tertiary/aromatic N) is 3. The number of hydrogen-bond acceptors (Lipinski definition) is 5. The van der Waals surface area contributed by atoms with Gasteiger partial charge in [-0.3, -0.25) is 9.48 Å². The maximum atomic E-state index is 10.7. The molecule has 2 heterocycles. The quantitative estimate of drug-likeness (QED) is 0.795. The van der Waals surface area contributed by atoms with Gasteiger partial charge in [-0.2, -0.15) is 5.10 Å². The van der Waals surface area contributed by atoms with Gasteiger partial charge >= 0.3 is 5.97 Å². The molecular formula is C17H19Cl2N3O4. The van der Waals surface area contributed by atoms with E-state index in [1.54, 1.807) is 28.9 Å². The maximum absolute atomic E-state index is 10.7. The Hall–Kier alpha value is -2.09. The smallest absolute Gasteiger partial charge is 0.356 e. The van der Waals surface area contributed by atoms with E-state index < -0.39 is 5.97 Å². The molecule has 0 fully saturated rings. The minimum absolute atomic E-state index is 0.148. The molecule has 1 aliphatic heterocycles. The second kappa shape index (κ2) is 9.56. The molecule has 1 N–H and O–H groups in total. The first-order valence-corrected chi connectivity index (χ1v) is 8.63. The lowest BCUT2D eigenvalue weighted by Crippen LogP contribution is -2.17. The van der Waals surface area contributed by atoms with Crippen LogP contribution in [0.2, 0.25) is 10.0 Å². The fourth-order valence-corrected chi connectivity index (χ4v) is 3.12. The van der Waals surface area contributed by atoms with Gasteiger partial charge in [0.15, 0.2) is 5.69 Å². The number of aromatic carboxylic acids is 1. The van der Waals surface area contributed by atoms with Gasteiger partial charge in [-0.05, 0) is 43.3 Å². The summed E-state index contributed by atoms with van der Waals surface area (Å²) in [6.07, 6.45) is 1.02. The number of aryl methyl sites for hydroxylation is 1. The fourth-order valence-electron chi connectivity index (χ4n) is 2.55. The Bertz CT molecular complexity index is 759. The van der Waals surface area contributed by atoms with Gasteiger partial charge in [0.1, 0.15) is 6.61 Å². The first kappa shape index (κ1) is 20.2. The number of benzene rings is 1. The van der Waals surface area contributed by atoms with Gasteiger partial charge in [0, 0.05) is 29.7 Å². The average Bonchev–Trinajstić information content (AvgIpc) is 2.87. The van der Waals surface area contributed by atoms with E-state index in [4.69, 9.17) is 28.3 Å². The molecule has 0 atom stereocenters. The number of carbonyl (C=O) groups excluding carboxylic acids is 1. The fraction of sp³-hybridized carbons (Fsp3) is 0.353. The highest BCUT2D eigenvalue weighted by molar-refractivity contribution is 6.34. The van der Waals surface area contributed by atoms with E-state index in [-0.39, 0.29) is 12.3 Å². The van der Waals surface area contributed by atoms with Crippen molar-refractivity contribution in [2.45, 2.75) is 26.1 Å². The Morgan fingerprint density at radius 1 is 1.27 bits per heavy atom. The monoisotopic (exact) mass is 399 g/mol. The molecule has 0 bridgehead atoms. The number of aromatic nitrogens is 2. The van der Waals surface area contributed by atoms with E-state index in [0.717, 1.165) is 37.3 Å². The average molecular weight is 400 g/mol. The van der Waals surface area contributed by atoms with Crippen LogP contribution in [0.4, 0.5) is 0 Å². The number of carbonyl (C=O) groups is 2. The van der Waals surface area contributed by atoms with Crippen LogP contribution in [0.3, 0.4) is 0 Å². The van der Waals surface area contributed by atoms with Gasteiger partial charge < -0.3 is 14.7 Å². The third-order valence-corrected chi connectivity index (χ3v) is 4.10. The molecule has 0 amide bonds. The summed E-state index contributed by atoms with van der Waals surface area (Å²) < 4.78 is 6.33. The molecule has 26 heavy (non-hydrogen) atoms. The van der Waals surface area contributed by atoms with Crippen LogP contribution in [0.5, 0.6) is 0 Å². The number of hydrogen-bond donors (Lipinski definition) is 1. The highest BCUT2D eigenvalue weighted by atomic mass is 35.5. The highest BCUT2D eigenvalue weighted by Gasteiger charge is 2.16. The summed E-state index contributed by atoms with van der Waals surface area (Å²) in [5, 5.41) is 13.9. The van der Waals surface area contributed by atoms with Crippen LogP contribution in [0, 0.1) is 0 Å². The molecule has 7 nitrogen and oxygen atoms in total. The first-order chi connectivity index (χ1) is 12.4. The molecule has 1 aliphatic rings. The Labute approximate surface area is 161 Å². The molecule has 0 unspecified atom stereocenters. The van der Waals surface area contributed by atoms with Crippen LogP contribution in [0.1, 0.15) is 28.2 Å². The van der Waals surface area contributed by atoms with E-state index in [9.17, 15) is 9.59 Å². The van der Waals surface area contributed by atoms with E-state index >= 15 is 0 Å². The summed E-state index contributed by atoms with van der Waals surface area (Å²) in [5.41, 5.74) is 1.91. The number of fused-ring (bicyclic) bond motifs is 1. The lowest BCUT2D eigenvalue weighted by molar-refractivity contribution is -0.129. The summed E-state index contributed by atoms with van der Waals surface area (Å²) in [5.74, 6) is -0.951. The van der Waals surface area contributed by atoms with Crippen LogP contribution in [0.25, 0.3) is 0 Å². The zero-order valence-corrected chi connectivity index (χ0v) is 15.7. The predicted molar refractivity (Wildman–Crippen MR) is 97.5 cm³/mol. The summed E-state index contributed by atoms with van der Waals surface area (Å²) in [7, 11) is 2.03. The molecule has 0 saturated heterocycles. The van der Waals surface area contributed by atoms with Gasteiger partial charge in [0.2, 0.25) is 0 Å². The number of halogens is 2. The third-order valence-electron chi connectivity index (χ3n) is 3.66. The van der Waals surface area contributed by atoms with Gasteiger partial charge in [-0.25, -0.2) is 4.79 Å². The molecule has 0 aliphatic carbocycles. The lowest BCUT2D eigenvalue weighted by Gasteiger charge is -2.10. The van der Waals surface area contributed by atoms with Crippen molar-refractivity contribution in [2.24, 2.45) is 0 Å². The second-order valence-corrected chi connectivity index (χ2v) is 6.70. The van der Waals surface area contributed by atoms with Gasteiger partial charge in [-0.1, -0.05) is 23.2 Å². The van der Waals surface area contributed by atoms with E-state index in [0.29, 0.717) is 16.5 Å². The lowest BCUT2D eigenvalue weighted by atomic mass is 10.2. The predicted octanol–water partition coefficient (Wildman–Crippen LogP) is 3.08. The number of carboxylic acid groups (broad SMARTS) is 1. The van der Waals surface area contributed by atoms with Crippen molar-refractivity contribution in [3.8, 4) is 0 Å². The van der Waals surface area contributed by atoms with E-state index in [1.807, 2.05) is 7.05 Å². The molecule has 9 heteroatoms. The van der Waals surface area contributed by atoms with Crippen molar-refractivity contribution in [1.29, 1.82) is 0 Å². The van der Waals surface area contributed by atoms with Crippen molar-refractivity contribution >= 4 is 35.6 Å². The van der Waals surface area contributed by atoms with Gasteiger partial charge in [-0.15, -0.1) is 0 Å². The third kappa shape index (κ3) is 6.01. The van der Waals surface area contributed by atoms with Crippen LogP contribution >= 0.6 is 23.2 Å². The van der Waals surface area contributed by atoms with Gasteiger partial charge in [0.05, 0.1) is 5.69 Å². The summed E-state index contributed by atoms with van der Waals surface area (Å²) in [6.45, 7) is 3.21. The molecular weight excluding hydrogens is 381 g/mol. The molecule has 140 valence electrons. The van der Waals surface area contributed by atoms with E-state index in [1.165, 1.54) is 0 Å². The van der Waals surface area contributed by atoms with Gasteiger partial charge in [0.25, 0.3) is 6.47 Å². The number of carboxylic acids is 1. The zero-order chi connectivity index (χ0) is 19.1. The summed E-state index contributed by atoms with van der Waals surface area (Å²) >= 11 is 11.4. The topological polar surface area (TPSA) is 84.7 Å². The minimum Gasteiger partial charge on any atom is -0.476 e. The van der Waals surface area contributed by atoms with Crippen LogP contribution in [-0.2, 0) is 29.2 Å². The Kier molecular flexibility index (Phi) is 7.44. The number of ether oxygens (including phenoxy) is 1. The second-order valence-electron chi connectivity index (χ2n) is 5.83. The zero-order valence-electron chi connectivity index (χ0n) is 14.2. The van der Waals surface area contributed by atoms with Crippen LogP contribution in [0.15, 0.2) is 24.3 Å². The molecule has 1 aromatic carbocycles. The molecule has 1 aromatic heterocycles. The largest absolute Gasteiger partial charge is 0.476 e. The molecule has 2 aromatic rings. The molecule has 0 spiro atoms. The molecule has 0 radical (unpaired) electrons. The Balaban J connectivity index is 0.000000190. The standard InChI is InChI=1S/C9H13N3O2.C8H6Cl2O2/c1-11-3-2-4-12-7(6-11)5-8(10-12)9(13)14;9-7-1-6(4-12-5-11)2-8(10)3-7/h5H,2-4,6H2,1H3,(H,13,14);1-3,5H,4H2. The van der Waals surface area contributed by atoms with Crippen molar-refractivity contribution < 1.29 is 19.4 Å². The normalized spacial score (nSPS) is 13.8.